The van der Waals surface area contributed by atoms with Gasteiger partial charge in [0.2, 0.25) is 5.76 Å². The number of halogens is 1. The summed E-state index contributed by atoms with van der Waals surface area (Å²) < 4.78 is 11.3. The number of esters is 1. The van der Waals surface area contributed by atoms with Crippen LogP contribution in [-0.2, 0) is 0 Å². The Balaban J connectivity index is 1.33. The van der Waals surface area contributed by atoms with E-state index in [-0.39, 0.29) is 11.5 Å². The third kappa shape index (κ3) is 4.85. The van der Waals surface area contributed by atoms with E-state index in [1.165, 1.54) is 18.5 Å². The van der Waals surface area contributed by atoms with E-state index >= 15 is 0 Å². The highest BCUT2D eigenvalue weighted by molar-refractivity contribution is 9.10. The number of hydrazone groups is 1. The van der Waals surface area contributed by atoms with Crippen LogP contribution in [0.1, 0.15) is 26.6 Å². The van der Waals surface area contributed by atoms with Crippen molar-refractivity contribution in [1.82, 2.24) is 10.4 Å². The lowest BCUT2D eigenvalue weighted by Crippen LogP contribution is -2.19. The number of rotatable bonds is 6. The third-order valence-electron chi connectivity index (χ3n) is 6.25. The van der Waals surface area contributed by atoms with E-state index in [4.69, 9.17) is 9.15 Å². The first-order valence-electron chi connectivity index (χ1n) is 12.1. The van der Waals surface area contributed by atoms with Crippen LogP contribution in [0.2, 0.25) is 0 Å². The van der Waals surface area contributed by atoms with Crippen molar-refractivity contribution in [2.75, 3.05) is 0 Å². The zero-order chi connectivity index (χ0) is 26.8. The van der Waals surface area contributed by atoms with Crippen LogP contribution in [0, 0.1) is 0 Å². The second kappa shape index (κ2) is 10.4. The van der Waals surface area contributed by atoms with E-state index in [2.05, 4.69) is 37.5 Å². The van der Waals surface area contributed by atoms with Crippen LogP contribution in [0.4, 0.5) is 0 Å². The molecule has 0 saturated heterocycles. The molecule has 4 aromatic carbocycles. The first kappa shape index (κ1) is 24.4. The number of hydrogen-bond acceptors (Lipinski definition) is 5. The molecule has 2 heterocycles. The molecule has 0 radical (unpaired) electrons. The number of carbonyl (C=O) groups excluding carboxylic acids is 2. The number of nitrogens with zero attached hydrogens (tertiary/aromatic N) is 1. The highest BCUT2D eigenvalue weighted by Crippen LogP contribution is 2.36. The Morgan fingerprint density at radius 2 is 1.72 bits per heavy atom. The molecule has 0 aliphatic carbocycles. The number of H-pyrrole nitrogens is 1. The number of amides is 1. The molecule has 190 valence electrons. The summed E-state index contributed by atoms with van der Waals surface area (Å²) in [5.74, 6) is -0.707. The summed E-state index contributed by atoms with van der Waals surface area (Å²) in [5.41, 5.74) is 6.07. The number of benzene rings is 4. The van der Waals surface area contributed by atoms with Crippen molar-refractivity contribution in [2.45, 2.75) is 0 Å². The lowest BCUT2D eigenvalue weighted by Gasteiger charge is -2.07. The van der Waals surface area contributed by atoms with Gasteiger partial charge in [-0.15, -0.1) is 0 Å². The van der Waals surface area contributed by atoms with Gasteiger partial charge in [-0.25, -0.2) is 10.2 Å². The Morgan fingerprint density at radius 1 is 0.897 bits per heavy atom. The molecule has 8 heteroatoms. The van der Waals surface area contributed by atoms with Gasteiger partial charge >= 0.3 is 5.97 Å². The first-order chi connectivity index (χ1) is 19.1. The van der Waals surface area contributed by atoms with Crippen molar-refractivity contribution in [2.24, 2.45) is 5.10 Å². The number of hydrogen-bond donors (Lipinski definition) is 2. The molecular weight excluding hydrogens is 558 g/mol. The molecule has 0 atom stereocenters. The Morgan fingerprint density at radius 3 is 2.54 bits per heavy atom. The fourth-order valence-electron chi connectivity index (χ4n) is 4.49. The van der Waals surface area contributed by atoms with Gasteiger partial charge in [-0.1, -0.05) is 82.7 Å². The molecule has 6 rings (SSSR count). The van der Waals surface area contributed by atoms with E-state index in [0.717, 1.165) is 37.3 Å². The van der Waals surface area contributed by atoms with Crippen LogP contribution in [0.5, 0.6) is 5.75 Å². The number of aromatic amines is 1. The molecule has 0 bridgehead atoms. The maximum atomic E-state index is 13.5. The minimum Gasteiger partial charge on any atom is -0.457 e. The van der Waals surface area contributed by atoms with Gasteiger partial charge in [0.1, 0.15) is 11.4 Å². The van der Waals surface area contributed by atoms with E-state index in [9.17, 15) is 9.59 Å². The van der Waals surface area contributed by atoms with Gasteiger partial charge in [0, 0.05) is 26.4 Å². The average Bonchev–Trinajstić information content (AvgIpc) is 3.64. The summed E-state index contributed by atoms with van der Waals surface area (Å²) in [6.45, 7) is 0. The quantitative estimate of drug-likeness (QED) is 0.0937. The lowest BCUT2D eigenvalue weighted by molar-refractivity contribution is 0.0700. The Bertz CT molecular complexity index is 1860. The SMILES string of the molecule is O=C(Oc1ccc(Br)cc1C=NNC(=O)c1[nH]c2c(ccc3ccccc32)c1-c1ccccc1)c1ccco1. The number of nitrogens with one attached hydrogen (secondary N) is 2. The van der Waals surface area contributed by atoms with Crippen molar-refractivity contribution in [3.8, 4) is 16.9 Å². The Kier molecular flexibility index (Phi) is 6.52. The number of aromatic nitrogens is 1. The molecule has 0 unspecified atom stereocenters. The summed E-state index contributed by atoms with van der Waals surface area (Å²) in [6.07, 6.45) is 2.82. The van der Waals surface area contributed by atoms with E-state index in [1.54, 1.807) is 24.3 Å². The predicted molar refractivity (Wildman–Crippen MR) is 154 cm³/mol. The molecule has 39 heavy (non-hydrogen) atoms. The summed E-state index contributed by atoms with van der Waals surface area (Å²) in [4.78, 5) is 29.2. The second-order valence-corrected chi connectivity index (χ2v) is 9.61. The standard InChI is InChI=1S/C31H20BrN3O4/c32-22-13-15-25(39-31(37)26-11-6-16-38-26)21(17-22)18-33-35-30(36)29-27(20-8-2-1-3-9-20)24-14-12-19-7-4-5-10-23(19)28(24)34-29/h1-18,34H,(H,35,36). The molecule has 7 nitrogen and oxygen atoms in total. The van der Waals surface area contributed by atoms with Gasteiger partial charge < -0.3 is 14.1 Å². The molecule has 0 spiro atoms. The minimum absolute atomic E-state index is 0.0777. The molecule has 0 aliphatic heterocycles. The lowest BCUT2D eigenvalue weighted by atomic mass is 9.99. The van der Waals surface area contributed by atoms with E-state index < -0.39 is 11.9 Å². The van der Waals surface area contributed by atoms with E-state index in [1.807, 2.05) is 60.7 Å². The number of carbonyl (C=O) groups is 2. The predicted octanol–water partition coefficient (Wildman–Crippen LogP) is 7.33. The van der Waals surface area contributed by atoms with Gasteiger partial charge in [-0.3, -0.25) is 4.79 Å². The fourth-order valence-corrected chi connectivity index (χ4v) is 4.86. The number of ether oxygens (including phenoxy) is 1. The van der Waals surface area contributed by atoms with Crippen LogP contribution >= 0.6 is 15.9 Å². The number of fused-ring (bicyclic) bond motifs is 3. The van der Waals surface area contributed by atoms with Gasteiger partial charge in [-0.2, -0.15) is 5.10 Å². The highest BCUT2D eigenvalue weighted by Gasteiger charge is 2.20. The van der Waals surface area contributed by atoms with Crippen LogP contribution < -0.4 is 10.2 Å². The summed E-state index contributed by atoms with van der Waals surface area (Å²) in [7, 11) is 0. The summed E-state index contributed by atoms with van der Waals surface area (Å²) in [6, 6.07) is 30.1. The van der Waals surface area contributed by atoms with Crippen molar-refractivity contribution in [3.05, 3.63) is 125 Å². The maximum absolute atomic E-state index is 13.5. The number of furan rings is 1. The molecule has 2 aromatic heterocycles. The molecular formula is C31H20BrN3O4. The van der Waals surface area contributed by atoms with Crippen molar-refractivity contribution < 1.29 is 18.7 Å². The van der Waals surface area contributed by atoms with Crippen molar-refractivity contribution >= 4 is 55.7 Å². The molecule has 6 aromatic rings. The van der Waals surface area contributed by atoms with Gasteiger partial charge in [-0.05, 0) is 41.3 Å². The van der Waals surface area contributed by atoms with Crippen LogP contribution in [0.3, 0.4) is 0 Å². The van der Waals surface area contributed by atoms with Crippen molar-refractivity contribution in [1.29, 1.82) is 0 Å². The highest BCUT2D eigenvalue weighted by atomic mass is 79.9. The van der Waals surface area contributed by atoms with E-state index in [0.29, 0.717) is 11.3 Å². The van der Waals surface area contributed by atoms with Gasteiger partial charge in [0.25, 0.3) is 5.91 Å². The maximum Gasteiger partial charge on any atom is 0.379 e. The van der Waals surface area contributed by atoms with Gasteiger partial charge in [0.05, 0.1) is 18.0 Å². The largest absolute Gasteiger partial charge is 0.457 e. The zero-order valence-electron chi connectivity index (χ0n) is 20.4. The summed E-state index contributed by atoms with van der Waals surface area (Å²) >= 11 is 3.42. The fraction of sp³-hybridized carbons (Fsp3) is 0. The topological polar surface area (TPSA) is 96.7 Å². The van der Waals surface area contributed by atoms with Crippen molar-refractivity contribution in [3.63, 3.8) is 0 Å². The minimum atomic E-state index is -0.640. The molecule has 0 aliphatic rings. The van der Waals surface area contributed by atoms with Gasteiger partial charge in [0.15, 0.2) is 0 Å². The second-order valence-electron chi connectivity index (χ2n) is 8.70. The third-order valence-corrected chi connectivity index (χ3v) is 6.75. The molecule has 0 saturated carbocycles. The molecule has 2 N–H and O–H groups in total. The van der Waals surface area contributed by atoms with Crippen LogP contribution in [0.25, 0.3) is 32.8 Å². The molecule has 1 amide bonds. The first-order valence-corrected chi connectivity index (χ1v) is 12.9. The van der Waals surface area contributed by atoms with Crippen LogP contribution in [-0.4, -0.2) is 23.1 Å². The average molecular weight is 578 g/mol. The van der Waals surface area contributed by atoms with Crippen LogP contribution in [0.15, 0.2) is 117 Å². The summed E-state index contributed by atoms with van der Waals surface area (Å²) in [5, 5.41) is 7.21. The Labute approximate surface area is 231 Å². The normalized spacial score (nSPS) is 11.3. The molecule has 0 fully saturated rings. The Hall–Kier alpha value is -4.95. The monoisotopic (exact) mass is 577 g/mol. The smallest absolute Gasteiger partial charge is 0.379 e. The zero-order valence-corrected chi connectivity index (χ0v) is 21.9.